The summed E-state index contributed by atoms with van der Waals surface area (Å²) >= 11 is 0. The van der Waals surface area contributed by atoms with E-state index >= 15 is 0 Å². The Morgan fingerprint density at radius 1 is 0.651 bits per heavy atom. The van der Waals surface area contributed by atoms with Crippen molar-refractivity contribution in [2.75, 3.05) is 16.8 Å². The largest absolute Gasteiger partial charge is 0.371 e. The Morgan fingerprint density at radius 3 is 1.42 bits per heavy atom. The Kier molecular flexibility index (Phi) is 6.34. The third-order valence-corrected chi connectivity index (χ3v) is 9.47. The minimum Gasteiger partial charge on any atom is -0.371 e. The molecule has 0 aromatic heterocycles. The molecule has 2 heterocycles. The number of fused-ring (bicyclic) bond motifs is 4. The standard InChI is InChI=1S/C38H39BN4/c1-36(2,3)26-18-24(22-40)34-32(20-26)42(9)33-21-27(37(4,5)6)19-25(23-41)35(33)43(34)39-30-16-12-10-14-28(30)38(7,8)29-15-11-13-17-31(29)39/h10-21H,1-9H3. The van der Waals surface area contributed by atoms with Gasteiger partial charge in [0.25, 0.3) is 0 Å². The van der Waals surface area contributed by atoms with Crippen LogP contribution in [0.3, 0.4) is 0 Å². The van der Waals surface area contributed by atoms with Crippen LogP contribution in [0.2, 0.25) is 0 Å². The van der Waals surface area contributed by atoms with E-state index in [1.54, 1.807) is 0 Å². The van der Waals surface area contributed by atoms with Gasteiger partial charge in [0.1, 0.15) is 12.1 Å². The molecule has 6 rings (SSSR count). The molecular formula is C38H39BN4. The lowest BCUT2D eigenvalue weighted by molar-refractivity contribution is 0.589. The summed E-state index contributed by atoms with van der Waals surface area (Å²) in [7, 11) is 2.07. The summed E-state index contributed by atoms with van der Waals surface area (Å²) in [5.41, 5.74) is 11.5. The van der Waals surface area contributed by atoms with Gasteiger partial charge in [0, 0.05) is 12.5 Å². The van der Waals surface area contributed by atoms with Crippen molar-refractivity contribution >= 4 is 40.5 Å². The summed E-state index contributed by atoms with van der Waals surface area (Å²) in [5, 5.41) is 21.4. The maximum atomic E-state index is 10.7. The van der Waals surface area contributed by atoms with E-state index in [1.165, 1.54) is 22.1 Å². The van der Waals surface area contributed by atoms with E-state index in [9.17, 15) is 10.5 Å². The second kappa shape index (κ2) is 9.52. The molecule has 2 aliphatic heterocycles. The first kappa shape index (κ1) is 28.6. The van der Waals surface area contributed by atoms with Crippen molar-refractivity contribution < 1.29 is 0 Å². The Morgan fingerprint density at radius 2 is 1.05 bits per heavy atom. The van der Waals surface area contributed by atoms with Gasteiger partial charge in [0.05, 0.1) is 33.9 Å². The van der Waals surface area contributed by atoms with Crippen LogP contribution in [-0.2, 0) is 16.2 Å². The van der Waals surface area contributed by atoms with Gasteiger partial charge in [-0.3, -0.25) is 0 Å². The van der Waals surface area contributed by atoms with Gasteiger partial charge in [0.2, 0.25) is 0 Å². The van der Waals surface area contributed by atoms with Crippen LogP contribution in [-0.4, -0.2) is 13.9 Å². The fraction of sp³-hybridized carbons (Fsp3) is 0.316. The van der Waals surface area contributed by atoms with E-state index < -0.39 is 0 Å². The molecule has 0 bridgehead atoms. The quantitative estimate of drug-likeness (QED) is 0.223. The molecule has 0 spiro atoms. The number of rotatable bonds is 1. The van der Waals surface area contributed by atoms with Crippen molar-refractivity contribution in [3.05, 3.63) is 106 Å². The van der Waals surface area contributed by atoms with E-state index in [0.717, 1.165) is 33.9 Å². The van der Waals surface area contributed by atoms with E-state index in [2.05, 4.69) is 145 Å². The summed E-state index contributed by atoms with van der Waals surface area (Å²) in [4.78, 5) is 4.51. The Balaban J connectivity index is 1.79. The molecule has 0 saturated carbocycles. The number of hydrogen-bond acceptors (Lipinski definition) is 4. The highest BCUT2D eigenvalue weighted by Crippen LogP contribution is 2.53. The zero-order valence-electron chi connectivity index (χ0n) is 26.8. The fourth-order valence-electron chi connectivity index (χ4n) is 6.99. The van der Waals surface area contributed by atoms with Gasteiger partial charge in [-0.15, -0.1) is 0 Å². The molecule has 0 aliphatic carbocycles. The molecule has 0 fully saturated rings. The van der Waals surface area contributed by atoms with E-state index in [4.69, 9.17) is 0 Å². The number of anilines is 4. The Labute approximate surface area is 257 Å². The predicted molar refractivity (Wildman–Crippen MR) is 180 cm³/mol. The summed E-state index contributed by atoms with van der Waals surface area (Å²) in [6.07, 6.45) is 0. The highest BCUT2D eigenvalue weighted by atomic mass is 15.2. The first-order valence-electron chi connectivity index (χ1n) is 15.1. The summed E-state index contributed by atoms with van der Waals surface area (Å²) < 4.78 is 0. The van der Waals surface area contributed by atoms with Crippen LogP contribution in [0, 0.1) is 22.7 Å². The highest BCUT2D eigenvalue weighted by molar-refractivity contribution is 6.90. The number of hydrogen-bond donors (Lipinski definition) is 0. The SMILES string of the molecule is CN1c2cc(C(C)(C)C)cc(C#N)c2N(B2c3ccccc3C(C)(C)c3ccccc32)c2c(C#N)cc(C(C)(C)C)cc21. The van der Waals surface area contributed by atoms with E-state index in [-0.39, 0.29) is 23.1 Å². The maximum absolute atomic E-state index is 10.7. The average Bonchev–Trinajstić information content (AvgIpc) is 2.96. The summed E-state index contributed by atoms with van der Waals surface area (Å²) in [6.45, 7) is 17.5. The van der Waals surface area contributed by atoms with Gasteiger partial charge in [-0.2, -0.15) is 10.5 Å². The topological polar surface area (TPSA) is 54.1 Å². The third kappa shape index (κ3) is 4.25. The van der Waals surface area contributed by atoms with Crippen molar-refractivity contribution in [2.45, 2.75) is 71.6 Å². The molecule has 4 aromatic rings. The minimum atomic E-state index is -0.230. The second-order valence-corrected chi connectivity index (χ2v) is 14.6. The van der Waals surface area contributed by atoms with Gasteiger partial charge in [-0.1, -0.05) is 104 Å². The van der Waals surface area contributed by atoms with E-state index in [0.29, 0.717) is 11.1 Å². The first-order chi connectivity index (χ1) is 20.2. The Bertz CT molecular complexity index is 1740. The van der Waals surface area contributed by atoms with Crippen molar-refractivity contribution in [1.29, 1.82) is 10.5 Å². The van der Waals surface area contributed by atoms with Gasteiger partial charge >= 0.3 is 6.85 Å². The van der Waals surface area contributed by atoms with Gasteiger partial charge in [-0.05, 0) is 68.3 Å². The molecular weight excluding hydrogens is 523 g/mol. The fourth-order valence-corrected chi connectivity index (χ4v) is 6.99. The molecule has 214 valence electrons. The lowest BCUT2D eigenvalue weighted by Gasteiger charge is -2.47. The molecule has 43 heavy (non-hydrogen) atoms. The molecule has 0 unspecified atom stereocenters. The number of nitriles is 2. The summed E-state index contributed by atoms with van der Waals surface area (Å²) in [6, 6.07) is 31.1. The molecule has 4 aromatic carbocycles. The maximum Gasteiger partial charge on any atom is 0.328 e. The highest BCUT2D eigenvalue weighted by Gasteiger charge is 2.47. The van der Waals surface area contributed by atoms with Gasteiger partial charge < -0.3 is 9.71 Å². The molecule has 0 amide bonds. The molecule has 0 atom stereocenters. The monoisotopic (exact) mass is 562 g/mol. The number of nitrogens with zero attached hydrogens (tertiary/aromatic N) is 4. The smallest absolute Gasteiger partial charge is 0.328 e. The normalized spacial score (nSPS) is 15.1. The molecule has 2 aliphatic rings. The molecule has 0 radical (unpaired) electrons. The van der Waals surface area contributed by atoms with Crippen LogP contribution < -0.4 is 20.6 Å². The molecule has 0 saturated heterocycles. The Hall–Kier alpha value is -4.48. The van der Waals surface area contributed by atoms with Gasteiger partial charge in [-0.25, -0.2) is 0 Å². The van der Waals surface area contributed by atoms with Crippen LogP contribution in [0.1, 0.15) is 88.8 Å². The second-order valence-electron chi connectivity index (χ2n) is 14.6. The average molecular weight is 563 g/mol. The van der Waals surface area contributed by atoms with Crippen molar-refractivity contribution in [3.8, 4) is 12.1 Å². The lowest BCUT2D eigenvalue weighted by atomic mass is 9.40. The third-order valence-electron chi connectivity index (χ3n) is 9.47. The van der Waals surface area contributed by atoms with E-state index in [1.807, 2.05) is 12.1 Å². The van der Waals surface area contributed by atoms with Crippen molar-refractivity contribution in [3.63, 3.8) is 0 Å². The molecule has 4 nitrogen and oxygen atoms in total. The molecule has 5 heteroatoms. The zero-order chi connectivity index (χ0) is 31.1. The van der Waals surface area contributed by atoms with Crippen molar-refractivity contribution in [1.82, 2.24) is 0 Å². The number of benzene rings is 4. The van der Waals surface area contributed by atoms with Crippen LogP contribution in [0.25, 0.3) is 0 Å². The van der Waals surface area contributed by atoms with Crippen LogP contribution in [0.15, 0.2) is 72.8 Å². The zero-order valence-corrected chi connectivity index (χ0v) is 26.8. The van der Waals surface area contributed by atoms with Crippen LogP contribution >= 0.6 is 0 Å². The predicted octanol–water partition coefficient (Wildman–Crippen LogP) is 7.69. The lowest BCUT2D eigenvalue weighted by Crippen LogP contribution is -2.63. The van der Waals surface area contributed by atoms with Crippen LogP contribution in [0.5, 0.6) is 0 Å². The summed E-state index contributed by atoms with van der Waals surface area (Å²) in [5.74, 6) is 0. The van der Waals surface area contributed by atoms with Crippen LogP contribution in [0.4, 0.5) is 22.7 Å². The molecule has 0 N–H and O–H groups in total. The van der Waals surface area contributed by atoms with Crippen molar-refractivity contribution in [2.24, 2.45) is 0 Å². The van der Waals surface area contributed by atoms with Gasteiger partial charge in [0.15, 0.2) is 0 Å². The minimum absolute atomic E-state index is 0.147. The first-order valence-corrected chi connectivity index (χ1v) is 15.1.